The van der Waals surface area contributed by atoms with Crippen LogP contribution in [0.15, 0.2) is 17.3 Å². The van der Waals surface area contributed by atoms with Gasteiger partial charge in [0.15, 0.2) is 6.17 Å². The summed E-state index contributed by atoms with van der Waals surface area (Å²) in [5, 5.41) is 2.74. The molecule has 0 aromatic heterocycles. The number of hydrogen-bond donors (Lipinski definition) is 2. The molecule has 1 heterocycles. The highest BCUT2D eigenvalue weighted by atomic mass is 15.0. The van der Waals surface area contributed by atoms with Crippen LogP contribution < -0.4 is 11.1 Å². The van der Waals surface area contributed by atoms with E-state index in [1.807, 2.05) is 0 Å². The van der Waals surface area contributed by atoms with Crippen LogP contribution in [0, 0.1) is 6.17 Å². The predicted octanol–water partition coefficient (Wildman–Crippen LogP) is -0.420. The molecule has 1 radical (unpaired) electrons. The molecule has 7 heavy (non-hydrogen) atoms. The second-order valence-corrected chi connectivity index (χ2v) is 1.18. The smallest absolute Gasteiger partial charge is 0.172 e. The zero-order chi connectivity index (χ0) is 5.11. The maximum atomic E-state index is 5.23. The fraction of sp³-hybridized carbons (Fsp3) is 0. The van der Waals surface area contributed by atoms with E-state index in [2.05, 4.69) is 10.3 Å². The summed E-state index contributed by atoms with van der Waals surface area (Å²) < 4.78 is 0. The molecule has 1 aliphatic heterocycles. The molecule has 3 nitrogen and oxygen atoms in total. The van der Waals surface area contributed by atoms with Crippen molar-refractivity contribution in [2.75, 3.05) is 0 Å². The van der Waals surface area contributed by atoms with Gasteiger partial charge in [-0.1, -0.05) is 0 Å². The molecule has 0 aromatic rings. The van der Waals surface area contributed by atoms with Crippen LogP contribution in [0.1, 0.15) is 0 Å². The molecule has 0 fully saturated rings. The average Bonchev–Trinajstić information content (AvgIpc) is 1.69. The molecular weight excluding hydrogens is 90.1 g/mol. The van der Waals surface area contributed by atoms with Gasteiger partial charge >= 0.3 is 0 Å². The monoisotopic (exact) mass is 96.1 g/mol. The Labute approximate surface area is 41.9 Å². The first-order valence-corrected chi connectivity index (χ1v) is 1.97. The summed E-state index contributed by atoms with van der Waals surface area (Å²) >= 11 is 0. The minimum Gasteiger partial charge on any atom is -0.353 e. The van der Waals surface area contributed by atoms with Crippen molar-refractivity contribution in [3.05, 3.63) is 18.4 Å². The number of aliphatic imine (C=N–C) groups is 1. The van der Waals surface area contributed by atoms with E-state index in [0.717, 1.165) is 0 Å². The molecular formula is C4H6N3. The molecule has 0 atom stereocenters. The largest absolute Gasteiger partial charge is 0.353 e. The maximum Gasteiger partial charge on any atom is 0.172 e. The lowest BCUT2D eigenvalue weighted by atomic mass is 10.5. The van der Waals surface area contributed by atoms with Crippen LogP contribution in [-0.4, -0.2) is 6.34 Å². The van der Waals surface area contributed by atoms with Gasteiger partial charge in [0.1, 0.15) is 0 Å². The summed E-state index contributed by atoms with van der Waals surface area (Å²) in [6, 6.07) is 0. The van der Waals surface area contributed by atoms with Gasteiger partial charge in [-0.25, -0.2) is 4.99 Å². The van der Waals surface area contributed by atoms with Crippen molar-refractivity contribution >= 4 is 6.34 Å². The zero-order valence-corrected chi connectivity index (χ0v) is 3.76. The molecule has 0 unspecified atom stereocenters. The van der Waals surface area contributed by atoms with E-state index in [9.17, 15) is 0 Å². The maximum absolute atomic E-state index is 5.23. The lowest BCUT2D eigenvalue weighted by Crippen LogP contribution is -2.13. The van der Waals surface area contributed by atoms with Gasteiger partial charge in [0, 0.05) is 6.20 Å². The second kappa shape index (κ2) is 1.75. The summed E-state index contributed by atoms with van der Waals surface area (Å²) in [7, 11) is 0. The Hall–Kier alpha value is -0.830. The molecule has 37 valence electrons. The number of rotatable bonds is 0. The molecule has 3 N–H and O–H groups in total. The molecule has 0 aliphatic carbocycles. The molecule has 0 spiro atoms. The summed E-state index contributed by atoms with van der Waals surface area (Å²) in [5.41, 5.74) is 5.23. The minimum atomic E-state index is 0.541. The Morgan fingerprint density at radius 1 is 1.71 bits per heavy atom. The highest BCUT2D eigenvalue weighted by Crippen LogP contribution is 1.92. The van der Waals surface area contributed by atoms with Crippen LogP contribution in [0.3, 0.4) is 0 Å². The Balaban J connectivity index is 2.49. The third-order valence-corrected chi connectivity index (χ3v) is 0.638. The Bertz CT molecular complexity index is 93.5. The summed E-state index contributed by atoms with van der Waals surface area (Å²) in [6.07, 6.45) is 5.50. The molecule has 0 bridgehead atoms. The highest BCUT2D eigenvalue weighted by molar-refractivity contribution is 5.59. The number of nitrogens with one attached hydrogen (secondary N) is 1. The van der Waals surface area contributed by atoms with E-state index in [4.69, 9.17) is 5.73 Å². The quantitative estimate of drug-likeness (QED) is 0.430. The van der Waals surface area contributed by atoms with Gasteiger partial charge in [-0.3, -0.25) is 0 Å². The first kappa shape index (κ1) is 4.33. The number of hydrogen-bond acceptors (Lipinski definition) is 3. The molecule has 3 heteroatoms. The van der Waals surface area contributed by atoms with Gasteiger partial charge in [-0.05, 0) is 6.08 Å². The standard InChI is InChI=1S/C4H6N3/c5-4-1-2-6-3-7-4/h1-3H,5H2,(H,6,7). The van der Waals surface area contributed by atoms with E-state index in [-0.39, 0.29) is 0 Å². The Kier molecular flexibility index (Phi) is 1.08. The van der Waals surface area contributed by atoms with Crippen LogP contribution in [0.5, 0.6) is 0 Å². The van der Waals surface area contributed by atoms with Crippen molar-refractivity contribution in [2.45, 2.75) is 0 Å². The number of nitrogens with zero attached hydrogens (tertiary/aromatic N) is 1. The Morgan fingerprint density at radius 2 is 2.57 bits per heavy atom. The van der Waals surface area contributed by atoms with E-state index >= 15 is 0 Å². The summed E-state index contributed by atoms with van der Waals surface area (Å²) in [6.45, 7) is 0. The zero-order valence-electron chi connectivity index (χ0n) is 3.76. The van der Waals surface area contributed by atoms with Gasteiger partial charge in [-0.2, -0.15) is 0 Å². The van der Waals surface area contributed by atoms with Crippen molar-refractivity contribution in [3.63, 3.8) is 0 Å². The third kappa shape index (κ3) is 1.01. The average molecular weight is 96.1 g/mol. The Morgan fingerprint density at radius 3 is 2.86 bits per heavy atom. The van der Waals surface area contributed by atoms with E-state index < -0.39 is 0 Å². The van der Waals surface area contributed by atoms with Gasteiger partial charge in [0.25, 0.3) is 0 Å². The molecule has 1 rings (SSSR count). The second-order valence-electron chi connectivity index (χ2n) is 1.18. The summed E-state index contributed by atoms with van der Waals surface area (Å²) in [5.74, 6) is 0. The van der Waals surface area contributed by atoms with Crippen molar-refractivity contribution in [1.82, 2.24) is 5.32 Å². The van der Waals surface area contributed by atoms with E-state index in [1.54, 1.807) is 12.3 Å². The highest BCUT2D eigenvalue weighted by Gasteiger charge is 1.92. The van der Waals surface area contributed by atoms with Crippen LogP contribution in [0.25, 0.3) is 0 Å². The first-order valence-electron chi connectivity index (χ1n) is 1.97. The predicted molar refractivity (Wildman–Crippen MR) is 28.2 cm³/mol. The number of nitrogens with two attached hydrogens (primary N) is 1. The fourth-order valence-corrected chi connectivity index (χ4v) is 0.331. The molecule has 0 saturated heterocycles. The molecule has 1 aliphatic rings. The van der Waals surface area contributed by atoms with Crippen LogP contribution >= 0.6 is 0 Å². The molecule has 0 saturated carbocycles. The first-order chi connectivity index (χ1) is 3.39. The van der Waals surface area contributed by atoms with Gasteiger partial charge in [-0.15, -0.1) is 0 Å². The lowest BCUT2D eigenvalue weighted by Gasteiger charge is -2.00. The molecule has 0 amide bonds. The van der Waals surface area contributed by atoms with Crippen molar-refractivity contribution in [2.24, 2.45) is 10.7 Å². The third-order valence-electron chi connectivity index (χ3n) is 0.638. The van der Waals surface area contributed by atoms with Crippen LogP contribution in [0.2, 0.25) is 0 Å². The van der Waals surface area contributed by atoms with Crippen molar-refractivity contribution in [3.8, 4) is 0 Å². The van der Waals surface area contributed by atoms with Gasteiger partial charge in [0.2, 0.25) is 0 Å². The minimum absolute atomic E-state index is 0.541. The van der Waals surface area contributed by atoms with Crippen molar-refractivity contribution < 1.29 is 0 Å². The molecule has 0 aromatic carbocycles. The van der Waals surface area contributed by atoms with Crippen molar-refractivity contribution in [1.29, 1.82) is 0 Å². The fourth-order valence-electron chi connectivity index (χ4n) is 0.331. The van der Waals surface area contributed by atoms with E-state index in [0.29, 0.717) is 6.17 Å². The summed E-state index contributed by atoms with van der Waals surface area (Å²) in [4.78, 5) is 3.70. The van der Waals surface area contributed by atoms with E-state index in [1.165, 1.54) is 6.34 Å². The van der Waals surface area contributed by atoms with Crippen LogP contribution in [0.4, 0.5) is 0 Å². The lowest BCUT2D eigenvalue weighted by molar-refractivity contribution is 1.04. The van der Waals surface area contributed by atoms with Gasteiger partial charge < -0.3 is 11.1 Å². The normalized spacial score (nSPS) is 19.6. The topological polar surface area (TPSA) is 50.4 Å². The van der Waals surface area contributed by atoms with Crippen LogP contribution in [-0.2, 0) is 0 Å². The SMILES string of the molecule is N[C]1C=CNC=N1. The van der Waals surface area contributed by atoms with Gasteiger partial charge in [0.05, 0.1) is 6.34 Å².